The van der Waals surface area contributed by atoms with Crippen molar-refractivity contribution in [2.24, 2.45) is 0 Å². The fourth-order valence-electron chi connectivity index (χ4n) is 2.41. The van der Waals surface area contributed by atoms with Crippen molar-refractivity contribution in [1.82, 2.24) is 4.90 Å². The molecule has 1 atom stereocenters. The third-order valence-corrected chi connectivity index (χ3v) is 5.55. The normalized spacial score (nSPS) is 18.2. The molecule has 1 amide bonds. The number of carbonyl (C=O) groups excluding carboxylic acids is 1. The second kappa shape index (κ2) is 5.12. The zero-order valence-corrected chi connectivity index (χ0v) is 12.5. The van der Waals surface area contributed by atoms with Gasteiger partial charge in [0.1, 0.15) is 0 Å². The van der Waals surface area contributed by atoms with Gasteiger partial charge in [0, 0.05) is 22.2 Å². The molecule has 2 aromatic heterocycles. The van der Waals surface area contributed by atoms with Gasteiger partial charge in [0.15, 0.2) is 0 Å². The number of carbonyl (C=O) groups is 1. The largest absolute Gasteiger partial charge is 0.333 e. The van der Waals surface area contributed by atoms with Crippen LogP contribution in [0.2, 0.25) is 4.34 Å². The Kier molecular flexibility index (Phi) is 3.48. The number of thiophene rings is 2. The highest BCUT2D eigenvalue weighted by Gasteiger charge is 2.30. The summed E-state index contributed by atoms with van der Waals surface area (Å²) in [6, 6.07) is 6.20. The van der Waals surface area contributed by atoms with Crippen LogP contribution in [0.4, 0.5) is 0 Å². The number of rotatable bonds is 2. The van der Waals surface area contributed by atoms with Gasteiger partial charge in [-0.3, -0.25) is 4.79 Å². The minimum absolute atomic E-state index is 0.0169. The minimum Gasteiger partial charge on any atom is -0.333 e. The third kappa shape index (κ3) is 2.36. The molecule has 0 bridgehead atoms. The highest BCUT2D eigenvalue weighted by molar-refractivity contribution is 7.16. The summed E-state index contributed by atoms with van der Waals surface area (Å²) in [5.74, 6) is 0.216. The Balaban J connectivity index is 2.02. The van der Waals surface area contributed by atoms with Crippen LogP contribution in [0, 0.1) is 0 Å². The van der Waals surface area contributed by atoms with E-state index in [0.717, 1.165) is 4.34 Å². The van der Waals surface area contributed by atoms with Gasteiger partial charge in [-0.15, -0.1) is 22.7 Å². The van der Waals surface area contributed by atoms with E-state index in [1.807, 2.05) is 17.0 Å². The molecule has 98 valence electrons. The number of hydrogen-bond acceptors (Lipinski definition) is 3. The van der Waals surface area contributed by atoms with Gasteiger partial charge in [0.05, 0.1) is 10.9 Å². The molecule has 0 unspecified atom stereocenters. The molecule has 0 N–H and O–H groups in total. The number of halogens is 1. The van der Waals surface area contributed by atoms with Crippen LogP contribution >= 0.6 is 34.3 Å². The van der Waals surface area contributed by atoms with E-state index in [1.165, 1.54) is 21.4 Å². The first-order valence-corrected chi connectivity index (χ1v) is 7.99. The van der Waals surface area contributed by atoms with Crippen molar-refractivity contribution >= 4 is 40.2 Å². The third-order valence-electron chi connectivity index (χ3n) is 3.30. The average molecular weight is 310 g/mol. The Bertz CT molecular complexity index is 617. The Morgan fingerprint density at radius 3 is 3.11 bits per heavy atom. The van der Waals surface area contributed by atoms with Gasteiger partial charge in [0.2, 0.25) is 5.91 Å². The number of nitrogens with zero attached hydrogens (tertiary/aromatic N) is 1. The fraction of sp³-hybridized carbons (Fsp3) is 0.214. The molecular weight excluding hydrogens is 298 g/mol. The Morgan fingerprint density at radius 2 is 2.42 bits per heavy atom. The highest BCUT2D eigenvalue weighted by Crippen LogP contribution is 2.41. The Labute approximate surface area is 124 Å². The predicted molar refractivity (Wildman–Crippen MR) is 81.1 cm³/mol. The van der Waals surface area contributed by atoms with E-state index in [4.69, 9.17) is 11.6 Å². The average Bonchev–Trinajstić information content (AvgIpc) is 3.04. The number of hydrogen-bond donors (Lipinski definition) is 0. The summed E-state index contributed by atoms with van der Waals surface area (Å²) in [6.45, 7) is 4.91. The maximum absolute atomic E-state index is 11.9. The molecule has 0 spiro atoms. The molecular formula is C14H12ClNOS2. The molecule has 3 heterocycles. The lowest BCUT2D eigenvalue weighted by molar-refractivity contribution is -0.127. The Hall–Kier alpha value is -1.10. The summed E-state index contributed by atoms with van der Waals surface area (Å²) in [4.78, 5) is 16.2. The lowest BCUT2D eigenvalue weighted by Gasteiger charge is -2.31. The maximum atomic E-state index is 11.9. The van der Waals surface area contributed by atoms with Crippen LogP contribution in [0.5, 0.6) is 0 Å². The van der Waals surface area contributed by atoms with Crippen LogP contribution < -0.4 is 0 Å². The molecule has 3 rings (SSSR count). The molecule has 19 heavy (non-hydrogen) atoms. The van der Waals surface area contributed by atoms with Crippen LogP contribution in [0.3, 0.4) is 0 Å². The first-order valence-electron chi connectivity index (χ1n) is 5.92. The lowest BCUT2D eigenvalue weighted by Crippen LogP contribution is -2.36. The molecule has 2 nitrogen and oxygen atoms in total. The van der Waals surface area contributed by atoms with Gasteiger partial charge in [0.25, 0.3) is 0 Å². The highest BCUT2D eigenvalue weighted by atomic mass is 35.5. The summed E-state index contributed by atoms with van der Waals surface area (Å²) in [5, 5.41) is 2.07. The van der Waals surface area contributed by atoms with E-state index in [2.05, 4.69) is 18.0 Å². The standard InChI is InChI=1S/C14H12ClNOS2/c1-2-14(17)16-7-10(11-4-3-5-18-11)9-6-13(15)19-12(9)8-16/h2-6,10H,1,7-8H2/t10-/m1/s1. The van der Waals surface area contributed by atoms with Crippen LogP contribution in [0.1, 0.15) is 21.2 Å². The molecule has 2 aromatic rings. The second-order valence-electron chi connectivity index (χ2n) is 4.42. The van der Waals surface area contributed by atoms with Crippen LogP contribution in [0.15, 0.2) is 36.2 Å². The molecule has 0 radical (unpaired) electrons. The predicted octanol–water partition coefficient (Wildman–Crippen LogP) is 4.12. The van der Waals surface area contributed by atoms with E-state index in [-0.39, 0.29) is 11.8 Å². The Morgan fingerprint density at radius 1 is 1.58 bits per heavy atom. The van der Waals surface area contributed by atoms with Gasteiger partial charge in [-0.1, -0.05) is 24.2 Å². The minimum atomic E-state index is -0.0169. The van der Waals surface area contributed by atoms with Crippen molar-refractivity contribution < 1.29 is 4.79 Å². The zero-order chi connectivity index (χ0) is 13.4. The first-order chi connectivity index (χ1) is 9.19. The van der Waals surface area contributed by atoms with E-state index in [1.54, 1.807) is 22.7 Å². The number of fused-ring (bicyclic) bond motifs is 1. The monoisotopic (exact) mass is 309 g/mol. The summed E-state index contributed by atoms with van der Waals surface area (Å²) in [5.41, 5.74) is 1.27. The molecule has 0 aromatic carbocycles. The molecule has 0 fully saturated rings. The van der Waals surface area contributed by atoms with Crippen molar-refractivity contribution in [3.8, 4) is 0 Å². The van der Waals surface area contributed by atoms with E-state index >= 15 is 0 Å². The lowest BCUT2D eigenvalue weighted by atomic mass is 9.94. The molecule has 1 aliphatic rings. The summed E-state index contributed by atoms with van der Waals surface area (Å²) < 4.78 is 0.791. The zero-order valence-electron chi connectivity index (χ0n) is 10.1. The second-order valence-corrected chi connectivity index (χ2v) is 7.17. The molecule has 0 saturated carbocycles. The van der Waals surface area contributed by atoms with Gasteiger partial charge >= 0.3 is 0 Å². The maximum Gasteiger partial charge on any atom is 0.246 e. The van der Waals surface area contributed by atoms with Crippen LogP contribution in [0.25, 0.3) is 0 Å². The molecule has 5 heteroatoms. The molecule has 0 aliphatic carbocycles. The fourth-order valence-corrected chi connectivity index (χ4v) is 4.61. The van der Waals surface area contributed by atoms with Crippen molar-refractivity contribution in [2.75, 3.05) is 6.54 Å². The molecule has 1 aliphatic heterocycles. The van der Waals surface area contributed by atoms with Crippen molar-refractivity contribution in [1.29, 1.82) is 0 Å². The van der Waals surface area contributed by atoms with Crippen molar-refractivity contribution in [3.63, 3.8) is 0 Å². The van der Waals surface area contributed by atoms with E-state index < -0.39 is 0 Å². The summed E-state index contributed by atoms with van der Waals surface area (Å²) >= 11 is 9.42. The first kappa shape index (κ1) is 12.9. The quantitative estimate of drug-likeness (QED) is 0.764. The summed E-state index contributed by atoms with van der Waals surface area (Å²) in [7, 11) is 0. The van der Waals surface area contributed by atoms with Crippen molar-refractivity contribution in [2.45, 2.75) is 12.5 Å². The number of amides is 1. The van der Waals surface area contributed by atoms with Gasteiger partial charge < -0.3 is 4.90 Å². The topological polar surface area (TPSA) is 20.3 Å². The van der Waals surface area contributed by atoms with E-state index in [9.17, 15) is 4.79 Å². The smallest absolute Gasteiger partial charge is 0.246 e. The van der Waals surface area contributed by atoms with Gasteiger partial charge in [-0.2, -0.15) is 0 Å². The van der Waals surface area contributed by atoms with E-state index in [0.29, 0.717) is 13.1 Å². The van der Waals surface area contributed by atoms with Crippen LogP contribution in [-0.2, 0) is 11.3 Å². The van der Waals surface area contributed by atoms with Gasteiger partial charge in [-0.25, -0.2) is 0 Å². The van der Waals surface area contributed by atoms with Gasteiger partial charge in [-0.05, 0) is 29.2 Å². The SMILES string of the molecule is C=CC(=O)N1Cc2sc(Cl)cc2[C@H](c2cccs2)C1. The summed E-state index contributed by atoms with van der Waals surface area (Å²) in [6.07, 6.45) is 1.38. The van der Waals surface area contributed by atoms with Crippen LogP contribution in [-0.4, -0.2) is 17.4 Å². The molecule has 0 saturated heterocycles. The van der Waals surface area contributed by atoms with Crippen molar-refractivity contribution in [3.05, 3.63) is 55.9 Å².